The van der Waals surface area contributed by atoms with E-state index in [9.17, 15) is 14.4 Å². The maximum Gasteiger partial charge on any atom is 0.361 e. The van der Waals surface area contributed by atoms with Crippen LogP contribution in [0.4, 0.5) is 5.69 Å². The summed E-state index contributed by atoms with van der Waals surface area (Å²) in [5.74, 6) is -1.74. The number of ether oxygens (including phenoxy) is 1. The molecule has 0 aliphatic heterocycles. The molecule has 0 saturated heterocycles. The number of rotatable bonds is 7. The van der Waals surface area contributed by atoms with Crippen LogP contribution in [0.5, 0.6) is 0 Å². The van der Waals surface area contributed by atoms with Gasteiger partial charge in [0.2, 0.25) is 5.91 Å². The molecule has 3 rings (SSSR count). The van der Waals surface area contributed by atoms with Gasteiger partial charge in [-0.15, -0.1) is 5.10 Å². The lowest BCUT2D eigenvalue weighted by Gasteiger charge is -2.13. The average molecular weight is 435 g/mol. The molecule has 166 valence electrons. The second-order valence-electron chi connectivity index (χ2n) is 7.43. The van der Waals surface area contributed by atoms with Gasteiger partial charge in [-0.25, -0.2) is 4.79 Å². The number of hydrogen-bond donors (Lipinski definition) is 2. The van der Waals surface area contributed by atoms with Crippen LogP contribution >= 0.6 is 0 Å². The van der Waals surface area contributed by atoms with Crippen molar-refractivity contribution in [2.24, 2.45) is 0 Å². The summed E-state index contributed by atoms with van der Waals surface area (Å²) in [6.45, 7) is 6.64. The summed E-state index contributed by atoms with van der Waals surface area (Å²) in [5.41, 5.74) is 4.79. The van der Waals surface area contributed by atoms with Gasteiger partial charge in [-0.2, -0.15) is 9.90 Å². The molecule has 0 bridgehead atoms. The van der Waals surface area contributed by atoms with Gasteiger partial charge in [-0.05, 0) is 51.0 Å². The lowest BCUT2D eigenvalue weighted by molar-refractivity contribution is -0.126. The lowest BCUT2D eigenvalue weighted by Crippen LogP contribution is -2.35. The number of anilines is 1. The molecule has 0 unspecified atom stereocenters. The Kier molecular flexibility index (Phi) is 6.99. The van der Waals surface area contributed by atoms with Crippen molar-refractivity contribution in [3.8, 4) is 5.69 Å². The van der Waals surface area contributed by atoms with Gasteiger partial charge < -0.3 is 15.4 Å². The van der Waals surface area contributed by atoms with E-state index in [4.69, 9.17) is 4.74 Å². The van der Waals surface area contributed by atoms with Gasteiger partial charge in [0.05, 0.1) is 17.9 Å². The molecule has 0 saturated carbocycles. The number of aromatic nitrogens is 3. The molecule has 2 N–H and O–H groups in total. The van der Waals surface area contributed by atoms with E-state index < -0.39 is 18.5 Å². The number of benzene rings is 2. The molecule has 2 amide bonds. The van der Waals surface area contributed by atoms with Crippen LogP contribution in [-0.4, -0.2) is 45.9 Å². The highest BCUT2D eigenvalue weighted by Crippen LogP contribution is 2.21. The first-order chi connectivity index (χ1) is 15.2. The highest BCUT2D eigenvalue weighted by Gasteiger charge is 2.19. The molecule has 3 aromatic rings. The van der Waals surface area contributed by atoms with Gasteiger partial charge >= 0.3 is 5.97 Å². The summed E-state index contributed by atoms with van der Waals surface area (Å²) in [4.78, 5) is 37.8. The fourth-order valence-corrected chi connectivity index (χ4v) is 3.23. The molecule has 0 radical (unpaired) electrons. The number of carbonyl (C=O) groups is 3. The Balaban J connectivity index is 1.49. The number of esters is 1. The fraction of sp³-hybridized carbons (Fsp3) is 0.261. The molecular formula is C23H25N5O4. The largest absolute Gasteiger partial charge is 0.451 e. The summed E-state index contributed by atoms with van der Waals surface area (Å²) in [6.07, 6.45) is 0. The molecule has 1 heterocycles. The van der Waals surface area contributed by atoms with Crippen LogP contribution in [0.15, 0.2) is 42.5 Å². The monoisotopic (exact) mass is 435 g/mol. The van der Waals surface area contributed by atoms with Crippen LogP contribution < -0.4 is 10.6 Å². The molecule has 9 heteroatoms. The second-order valence-corrected chi connectivity index (χ2v) is 7.43. The smallest absolute Gasteiger partial charge is 0.361 e. The summed E-state index contributed by atoms with van der Waals surface area (Å²) in [6, 6.07) is 13.0. The third-order valence-electron chi connectivity index (χ3n) is 4.68. The average Bonchev–Trinajstić information content (AvgIpc) is 3.15. The third kappa shape index (κ3) is 5.57. The predicted octanol–water partition coefficient (Wildman–Crippen LogP) is 2.41. The SMILES string of the molecule is Cc1cc(C)c(NC(=O)CNC(=O)COC(=O)c2nn(-c3ccccc3)nc2C)c(C)c1. The maximum absolute atomic E-state index is 12.3. The van der Waals surface area contributed by atoms with E-state index in [0.29, 0.717) is 11.4 Å². The number of carbonyl (C=O) groups excluding carboxylic acids is 3. The highest BCUT2D eigenvalue weighted by molar-refractivity contribution is 5.96. The van der Waals surface area contributed by atoms with Crippen molar-refractivity contribution in [3.05, 3.63) is 70.5 Å². The molecule has 32 heavy (non-hydrogen) atoms. The van der Waals surface area contributed by atoms with Crippen LogP contribution in [0.2, 0.25) is 0 Å². The van der Waals surface area contributed by atoms with Crippen molar-refractivity contribution in [2.45, 2.75) is 27.7 Å². The molecule has 2 aromatic carbocycles. The van der Waals surface area contributed by atoms with E-state index in [0.717, 1.165) is 22.4 Å². The Morgan fingerprint density at radius 3 is 2.25 bits per heavy atom. The van der Waals surface area contributed by atoms with Crippen LogP contribution in [0, 0.1) is 27.7 Å². The highest BCUT2D eigenvalue weighted by atomic mass is 16.5. The Labute approximate surface area is 185 Å². The number of aryl methyl sites for hydroxylation is 4. The quantitative estimate of drug-likeness (QED) is 0.551. The van der Waals surface area contributed by atoms with Gasteiger partial charge in [-0.3, -0.25) is 9.59 Å². The topological polar surface area (TPSA) is 115 Å². The molecule has 0 fully saturated rings. The first kappa shape index (κ1) is 22.7. The number of nitrogens with one attached hydrogen (secondary N) is 2. The Hall–Kier alpha value is -4.01. The number of nitrogens with zero attached hydrogens (tertiary/aromatic N) is 3. The van der Waals surface area contributed by atoms with Crippen molar-refractivity contribution in [1.82, 2.24) is 20.3 Å². The first-order valence-electron chi connectivity index (χ1n) is 10.1. The Bertz CT molecular complexity index is 1130. The second kappa shape index (κ2) is 9.86. The Morgan fingerprint density at radius 1 is 0.938 bits per heavy atom. The standard InChI is InChI=1S/C23H25N5O4/c1-14-10-15(2)21(16(3)11-14)25-19(29)12-24-20(30)13-32-23(31)22-17(4)26-28(27-22)18-8-6-5-7-9-18/h5-11H,12-13H2,1-4H3,(H,24,30)(H,25,29). The van der Waals surface area contributed by atoms with Crippen LogP contribution in [0.1, 0.15) is 32.9 Å². The first-order valence-corrected chi connectivity index (χ1v) is 10.1. The number of amides is 2. The normalized spacial score (nSPS) is 10.5. The van der Waals surface area contributed by atoms with Gasteiger partial charge in [-0.1, -0.05) is 35.9 Å². The van der Waals surface area contributed by atoms with Crippen molar-refractivity contribution in [3.63, 3.8) is 0 Å². The molecule has 0 atom stereocenters. The minimum absolute atomic E-state index is 0.0183. The van der Waals surface area contributed by atoms with E-state index in [1.807, 2.05) is 51.1 Å². The number of hydrogen-bond acceptors (Lipinski definition) is 6. The summed E-state index contributed by atoms with van der Waals surface area (Å²) in [7, 11) is 0. The molecule has 0 aliphatic carbocycles. The van der Waals surface area contributed by atoms with E-state index in [-0.39, 0.29) is 18.1 Å². The Morgan fingerprint density at radius 2 is 1.59 bits per heavy atom. The van der Waals surface area contributed by atoms with Crippen molar-refractivity contribution in [2.75, 3.05) is 18.5 Å². The van der Waals surface area contributed by atoms with E-state index in [2.05, 4.69) is 20.8 Å². The molecule has 0 aliphatic rings. The van der Waals surface area contributed by atoms with Crippen LogP contribution in [-0.2, 0) is 14.3 Å². The molecular weight excluding hydrogens is 410 g/mol. The minimum atomic E-state index is -0.768. The fourth-order valence-electron chi connectivity index (χ4n) is 3.23. The van der Waals surface area contributed by atoms with Crippen LogP contribution in [0.25, 0.3) is 5.69 Å². The van der Waals surface area contributed by atoms with E-state index in [1.165, 1.54) is 4.80 Å². The van der Waals surface area contributed by atoms with Crippen molar-refractivity contribution in [1.29, 1.82) is 0 Å². The minimum Gasteiger partial charge on any atom is -0.451 e. The van der Waals surface area contributed by atoms with Gasteiger partial charge in [0, 0.05) is 5.69 Å². The van der Waals surface area contributed by atoms with Gasteiger partial charge in [0.15, 0.2) is 12.3 Å². The molecule has 0 spiro atoms. The van der Waals surface area contributed by atoms with Gasteiger partial charge in [0.25, 0.3) is 5.91 Å². The van der Waals surface area contributed by atoms with Crippen LogP contribution in [0.3, 0.4) is 0 Å². The maximum atomic E-state index is 12.3. The number of para-hydroxylation sites is 1. The van der Waals surface area contributed by atoms with E-state index in [1.54, 1.807) is 19.1 Å². The van der Waals surface area contributed by atoms with Gasteiger partial charge in [0.1, 0.15) is 0 Å². The lowest BCUT2D eigenvalue weighted by atomic mass is 10.1. The zero-order valence-electron chi connectivity index (χ0n) is 18.4. The molecule has 9 nitrogen and oxygen atoms in total. The summed E-state index contributed by atoms with van der Waals surface area (Å²) >= 11 is 0. The third-order valence-corrected chi connectivity index (χ3v) is 4.68. The predicted molar refractivity (Wildman–Crippen MR) is 119 cm³/mol. The van der Waals surface area contributed by atoms with Crippen molar-refractivity contribution >= 4 is 23.5 Å². The van der Waals surface area contributed by atoms with E-state index >= 15 is 0 Å². The zero-order valence-corrected chi connectivity index (χ0v) is 18.4. The summed E-state index contributed by atoms with van der Waals surface area (Å²) in [5, 5.41) is 13.6. The molecule has 1 aromatic heterocycles. The zero-order chi connectivity index (χ0) is 23.3. The summed E-state index contributed by atoms with van der Waals surface area (Å²) < 4.78 is 5.02. The van der Waals surface area contributed by atoms with Crippen molar-refractivity contribution < 1.29 is 19.1 Å².